The van der Waals surface area contributed by atoms with E-state index in [1.165, 1.54) is 5.56 Å². The van der Waals surface area contributed by atoms with Gasteiger partial charge in [-0.2, -0.15) is 0 Å². The third-order valence-corrected chi connectivity index (χ3v) is 3.50. The number of nitrogens with zero attached hydrogens (tertiary/aromatic N) is 2. The highest BCUT2D eigenvalue weighted by Gasteiger charge is 2.06. The maximum atomic E-state index is 5.84. The minimum atomic E-state index is 0.247. The van der Waals surface area contributed by atoms with Crippen molar-refractivity contribution in [2.45, 2.75) is 52.3 Å². The summed E-state index contributed by atoms with van der Waals surface area (Å²) in [5.41, 5.74) is 8.16. The summed E-state index contributed by atoms with van der Waals surface area (Å²) >= 11 is 0. The van der Waals surface area contributed by atoms with E-state index in [2.05, 4.69) is 35.5 Å². The van der Waals surface area contributed by atoms with Crippen LogP contribution in [-0.4, -0.2) is 15.6 Å². The standard InChI is InChI=1S/C17H25N3O/c1-13(2)20-12-19-10-16(20)11-21-17-8-6-15(7-9-17)5-4-14(3)18/h6-10,12-14H,4-5,11,18H2,1-3H3. The molecule has 0 radical (unpaired) electrons. The van der Waals surface area contributed by atoms with Crippen molar-refractivity contribution in [2.24, 2.45) is 5.73 Å². The van der Waals surface area contributed by atoms with E-state index < -0.39 is 0 Å². The lowest BCUT2D eigenvalue weighted by Crippen LogP contribution is -2.15. The first-order valence-corrected chi connectivity index (χ1v) is 7.54. The Hall–Kier alpha value is -1.81. The molecular weight excluding hydrogens is 262 g/mol. The fourth-order valence-corrected chi connectivity index (χ4v) is 2.21. The van der Waals surface area contributed by atoms with Crippen LogP contribution in [0.4, 0.5) is 0 Å². The van der Waals surface area contributed by atoms with E-state index >= 15 is 0 Å². The molecule has 114 valence electrons. The van der Waals surface area contributed by atoms with Crippen LogP contribution in [0.2, 0.25) is 0 Å². The Labute approximate surface area is 127 Å². The minimum Gasteiger partial charge on any atom is -0.487 e. The Morgan fingerprint density at radius 2 is 1.90 bits per heavy atom. The van der Waals surface area contributed by atoms with E-state index in [1.807, 2.05) is 31.6 Å². The van der Waals surface area contributed by atoms with Gasteiger partial charge in [-0.05, 0) is 51.3 Å². The van der Waals surface area contributed by atoms with Crippen LogP contribution < -0.4 is 10.5 Å². The van der Waals surface area contributed by atoms with Crippen molar-refractivity contribution in [3.05, 3.63) is 48.0 Å². The average Bonchev–Trinajstić information content (AvgIpc) is 2.92. The molecule has 0 amide bonds. The second-order valence-corrected chi connectivity index (χ2v) is 5.83. The molecule has 1 atom stereocenters. The topological polar surface area (TPSA) is 53.1 Å². The first-order valence-electron chi connectivity index (χ1n) is 7.54. The van der Waals surface area contributed by atoms with Gasteiger partial charge in [0.2, 0.25) is 0 Å². The van der Waals surface area contributed by atoms with Crippen LogP contribution in [0.1, 0.15) is 44.5 Å². The number of imidazole rings is 1. The average molecular weight is 287 g/mol. The molecule has 4 nitrogen and oxygen atoms in total. The van der Waals surface area contributed by atoms with Gasteiger partial charge in [0, 0.05) is 12.1 Å². The number of aromatic nitrogens is 2. The molecule has 4 heteroatoms. The minimum absolute atomic E-state index is 0.247. The molecule has 0 aliphatic heterocycles. The smallest absolute Gasteiger partial charge is 0.130 e. The molecular formula is C17H25N3O. The SMILES string of the molecule is CC(N)CCc1ccc(OCc2cncn2C(C)C)cc1. The number of nitrogens with two attached hydrogens (primary N) is 1. The van der Waals surface area contributed by atoms with Crippen molar-refractivity contribution >= 4 is 0 Å². The van der Waals surface area contributed by atoms with Crippen LogP contribution in [0.15, 0.2) is 36.8 Å². The van der Waals surface area contributed by atoms with Crippen molar-refractivity contribution in [1.29, 1.82) is 0 Å². The molecule has 1 heterocycles. The summed E-state index contributed by atoms with van der Waals surface area (Å²) in [7, 11) is 0. The highest BCUT2D eigenvalue weighted by Crippen LogP contribution is 2.16. The maximum Gasteiger partial charge on any atom is 0.130 e. The Morgan fingerprint density at radius 1 is 1.19 bits per heavy atom. The highest BCUT2D eigenvalue weighted by atomic mass is 16.5. The van der Waals surface area contributed by atoms with Gasteiger partial charge in [0.1, 0.15) is 12.4 Å². The van der Waals surface area contributed by atoms with Crippen LogP contribution >= 0.6 is 0 Å². The second-order valence-electron chi connectivity index (χ2n) is 5.83. The molecule has 0 bridgehead atoms. The van der Waals surface area contributed by atoms with Gasteiger partial charge in [0.05, 0.1) is 18.2 Å². The van der Waals surface area contributed by atoms with Crippen LogP contribution in [-0.2, 0) is 13.0 Å². The highest BCUT2D eigenvalue weighted by molar-refractivity contribution is 5.27. The van der Waals surface area contributed by atoms with E-state index in [9.17, 15) is 0 Å². The Kier molecular flexibility index (Phi) is 5.39. The molecule has 1 unspecified atom stereocenters. The van der Waals surface area contributed by atoms with Crippen molar-refractivity contribution in [3.63, 3.8) is 0 Å². The monoisotopic (exact) mass is 287 g/mol. The summed E-state index contributed by atoms with van der Waals surface area (Å²) in [6.07, 6.45) is 5.73. The zero-order valence-corrected chi connectivity index (χ0v) is 13.1. The summed E-state index contributed by atoms with van der Waals surface area (Å²) in [5, 5.41) is 0. The van der Waals surface area contributed by atoms with Gasteiger partial charge in [-0.25, -0.2) is 4.98 Å². The number of rotatable bonds is 7. The van der Waals surface area contributed by atoms with Crippen molar-refractivity contribution in [3.8, 4) is 5.75 Å². The second kappa shape index (κ2) is 7.27. The Balaban J connectivity index is 1.90. The first kappa shape index (κ1) is 15.6. The first-order chi connectivity index (χ1) is 10.1. The molecule has 0 fully saturated rings. The van der Waals surface area contributed by atoms with Gasteiger partial charge in [0.25, 0.3) is 0 Å². The molecule has 1 aromatic heterocycles. The molecule has 0 saturated carbocycles. The fraction of sp³-hybridized carbons (Fsp3) is 0.471. The predicted molar refractivity (Wildman–Crippen MR) is 85.4 cm³/mol. The number of hydrogen-bond donors (Lipinski definition) is 1. The molecule has 1 aromatic carbocycles. The van der Waals surface area contributed by atoms with E-state index in [0.29, 0.717) is 12.6 Å². The van der Waals surface area contributed by atoms with Gasteiger partial charge in [-0.15, -0.1) is 0 Å². The zero-order chi connectivity index (χ0) is 15.2. The van der Waals surface area contributed by atoms with Gasteiger partial charge in [-0.1, -0.05) is 12.1 Å². The van der Waals surface area contributed by atoms with E-state index in [4.69, 9.17) is 10.5 Å². The van der Waals surface area contributed by atoms with Gasteiger partial charge < -0.3 is 15.0 Å². The third-order valence-electron chi connectivity index (χ3n) is 3.50. The van der Waals surface area contributed by atoms with E-state index in [1.54, 1.807) is 0 Å². The lowest BCUT2D eigenvalue weighted by molar-refractivity contribution is 0.292. The van der Waals surface area contributed by atoms with Crippen molar-refractivity contribution in [2.75, 3.05) is 0 Å². The van der Waals surface area contributed by atoms with Crippen LogP contribution in [0.5, 0.6) is 5.75 Å². The Bertz CT molecular complexity index is 543. The number of hydrogen-bond acceptors (Lipinski definition) is 3. The fourth-order valence-electron chi connectivity index (χ4n) is 2.21. The molecule has 0 aliphatic carbocycles. The lowest BCUT2D eigenvalue weighted by Gasteiger charge is -2.13. The summed E-state index contributed by atoms with van der Waals surface area (Å²) in [5.74, 6) is 0.885. The molecule has 0 spiro atoms. The number of aryl methyl sites for hydroxylation is 1. The summed E-state index contributed by atoms with van der Waals surface area (Å²) in [6, 6.07) is 8.90. The number of benzene rings is 1. The Morgan fingerprint density at radius 3 is 2.52 bits per heavy atom. The molecule has 2 rings (SSSR count). The van der Waals surface area contributed by atoms with Crippen molar-refractivity contribution < 1.29 is 4.74 Å². The predicted octanol–water partition coefficient (Wildman–Crippen LogP) is 3.32. The molecule has 0 aliphatic rings. The van der Waals surface area contributed by atoms with Gasteiger partial charge in [0.15, 0.2) is 0 Å². The normalized spacial score (nSPS) is 12.6. The van der Waals surface area contributed by atoms with Gasteiger partial charge in [-0.3, -0.25) is 0 Å². The third kappa shape index (κ3) is 4.60. The van der Waals surface area contributed by atoms with Crippen LogP contribution in [0.3, 0.4) is 0 Å². The van der Waals surface area contributed by atoms with E-state index in [0.717, 1.165) is 24.3 Å². The van der Waals surface area contributed by atoms with E-state index in [-0.39, 0.29) is 6.04 Å². The molecule has 2 N–H and O–H groups in total. The maximum absolute atomic E-state index is 5.84. The zero-order valence-electron chi connectivity index (χ0n) is 13.1. The number of ether oxygens (including phenoxy) is 1. The molecule has 0 saturated heterocycles. The van der Waals surface area contributed by atoms with Gasteiger partial charge >= 0.3 is 0 Å². The van der Waals surface area contributed by atoms with Crippen molar-refractivity contribution in [1.82, 2.24) is 9.55 Å². The largest absolute Gasteiger partial charge is 0.487 e. The lowest BCUT2D eigenvalue weighted by atomic mass is 10.1. The molecule has 21 heavy (non-hydrogen) atoms. The summed E-state index contributed by atoms with van der Waals surface area (Å²) in [4.78, 5) is 4.18. The summed E-state index contributed by atoms with van der Waals surface area (Å²) in [6.45, 7) is 6.85. The van der Waals surface area contributed by atoms with Crippen LogP contribution in [0, 0.1) is 0 Å². The summed E-state index contributed by atoms with van der Waals surface area (Å²) < 4.78 is 7.96. The molecule has 2 aromatic rings. The van der Waals surface area contributed by atoms with Crippen LogP contribution in [0.25, 0.3) is 0 Å². The quantitative estimate of drug-likeness (QED) is 0.850.